The molecule has 0 aliphatic heterocycles. The molecule has 0 unspecified atom stereocenters. The fraction of sp³-hybridized carbons (Fsp3) is 0.407. The Labute approximate surface area is 241 Å². The van der Waals surface area contributed by atoms with Gasteiger partial charge in [0.05, 0.1) is 41.0 Å². The zero-order chi connectivity index (χ0) is 32.4. The van der Waals surface area contributed by atoms with Gasteiger partial charge in [-0.25, -0.2) is 19.6 Å². The highest BCUT2D eigenvalue weighted by Crippen LogP contribution is 2.40. The standard InChI is InChI=1S/C27H28ClF3N6O4/c1-26(2,40)17-10-22(35-23-16(17)7-13(28)8-18(23)27(29,30)31)34-21-11-19-20(12-32-21)36(3)25(39)37(19)15-6-5-14(9-15)33-24(38)41-4/h7-8,10-12,14-15,40H,5-6,9H2,1-4H3,(H,33,38)(H,32,34,35)/t14-,15-/m1/s1/i3D3. The minimum Gasteiger partial charge on any atom is -0.453 e. The molecule has 5 rings (SSSR count). The summed E-state index contributed by atoms with van der Waals surface area (Å²) in [6.45, 7) is -0.0232. The number of carbonyl (C=O) groups excluding carboxylic acids is 1. The van der Waals surface area contributed by atoms with E-state index in [0.717, 1.165) is 6.07 Å². The fourth-order valence-corrected chi connectivity index (χ4v) is 5.51. The van der Waals surface area contributed by atoms with Crippen LogP contribution in [0, 0.1) is 0 Å². The van der Waals surface area contributed by atoms with Crippen molar-refractivity contribution in [3.8, 4) is 0 Å². The van der Waals surface area contributed by atoms with E-state index >= 15 is 0 Å². The van der Waals surface area contributed by atoms with Gasteiger partial charge >= 0.3 is 18.0 Å². The predicted octanol–water partition coefficient (Wildman–Crippen LogP) is 5.38. The molecular formula is C27H28ClF3N6O4. The topological polar surface area (TPSA) is 123 Å². The summed E-state index contributed by atoms with van der Waals surface area (Å²) in [7, 11) is 1.23. The number of amides is 1. The molecule has 1 saturated carbocycles. The lowest BCUT2D eigenvalue weighted by Crippen LogP contribution is -2.33. The molecule has 0 saturated heterocycles. The number of hydrogen-bond acceptors (Lipinski definition) is 7. The molecule has 3 aromatic heterocycles. The van der Waals surface area contributed by atoms with Gasteiger partial charge in [0.2, 0.25) is 0 Å². The lowest BCUT2D eigenvalue weighted by molar-refractivity contribution is -0.136. The van der Waals surface area contributed by atoms with Crippen LogP contribution >= 0.6 is 11.6 Å². The normalized spacial score (nSPS) is 19.2. The number of fused-ring (bicyclic) bond motifs is 2. The summed E-state index contributed by atoms with van der Waals surface area (Å²) in [5.41, 5.74) is -3.62. The van der Waals surface area contributed by atoms with Crippen molar-refractivity contribution >= 4 is 51.3 Å². The summed E-state index contributed by atoms with van der Waals surface area (Å²) in [6.07, 6.45) is -2.98. The zero-order valence-corrected chi connectivity index (χ0v) is 22.9. The molecule has 2 atom stereocenters. The summed E-state index contributed by atoms with van der Waals surface area (Å²) < 4.78 is 72.5. The van der Waals surface area contributed by atoms with Gasteiger partial charge in [-0.3, -0.25) is 9.13 Å². The van der Waals surface area contributed by atoms with Crippen molar-refractivity contribution in [3.63, 3.8) is 0 Å². The lowest BCUT2D eigenvalue weighted by atomic mass is 9.93. The fourth-order valence-electron chi connectivity index (χ4n) is 5.30. The molecule has 4 aromatic rings. The summed E-state index contributed by atoms with van der Waals surface area (Å²) in [5, 5.41) is 16.2. The quantitative estimate of drug-likeness (QED) is 0.283. The van der Waals surface area contributed by atoms with Gasteiger partial charge in [0.1, 0.15) is 11.6 Å². The second-order valence-electron chi connectivity index (χ2n) is 10.4. The molecule has 14 heteroatoms. The first kappa shape index (κ1) is 24.9. The number of nitrogens with one attached hydrogen (secondary N) is 2. The van der Waals surface area contributed by atoms with E-state index in [0.29, 0.717) is 23.8 Å². The van der Waals surface area contributed by atoms with Crippen LogP contribution in [0.1, 0.15) is 54.4 Å². The van der Waals surface area contributed by atoms with E-state index in [2.05, 4.69) is 25.3 Å². The monoisotopic (exact) mass is 595 g/mol. The molecule has 1 amide bonds. The van der Waals surface area contributed by atoms with Gasteiger partial charge in [0.15, 0.2) is 0 Å². The molecule has 1 aromatic carbocycles. The van der Waals surface area contributed by atoms with Crippen LogP contribution in [0.4, 0.5) is 29.6 Å². The van der Waals surface area contributed by atoms with E-state index in [1.54, 1.807) is 0 Å². The number of ether oxygens (including phenoxy) is 1. The number of carbonyl (C=O) groups is 1. The third-order valence-electron chi connectivity index (χ3n) is 7.14. The molecule has 1 aliphatic rings. The van der Waals surface area contributed by atoms with E-state index in [1.165, 1.54) is 49.9 Å². The van der Waals surface area contributed by atoms with Crippen LogP contribution < -0.4 is 16.3 Å². The minimum absolute atomic E-state index is 0.00577. The van der Waals surface area contributed by atoms with E-state index in [-0.39, 0.29) is 44.7 Å². The van der Waals surface area contributed by atoms with Gasteiger partial charge in [0.25, 0.3) is 0 Å². The maximum atomic E-state index is 14.0. The predicted molar refractivity (Wildman–Crippen MR) is 147 cm³/mol. The number of aliphatic hydroxyl groups is 1. The molecule has 218 valence electrons. The van der Waals surface area contributed by atoms with Crippen LogP contribution in [0.2, 0.25) is 5.02 Å². The van der Waals surface area contributed by atoms with Crippen molar-refractivity contribution in [2.75, 3.05) is 12.4 Å². The van der Waals surface area contributed by atoms with E-state index in [1.807, 2.05) is 0 Å². The first-order valence-electron chi connectivity index (χ1n) is 14.1. The minimum atomic E-state index is -4.81. The average Bonchev–Trinajstić information content (AvgIpc) is 3.47. The highest BCUT2D eigenvalue weighted by Gasteiger charge is 2.35. The molecule has 3 heterocycles. The maximum absolute atomic E-state index is 14.0. The smallest absolute Gasteiger partial charge is 0.418 e. The number of imidazole rings is 1. The van der Waals surface area contributed by atoms with Crippen LogP contribution in [-0.2, 0) is 23.5 Å². The third-order valence-corrected chi connectivity index (χ3v) is 7.35. The van der Waals surface area contributed by atoms with Gasteiger partial charge in [-0.1, -0.05) is 11.6 Å². The van der Waals surface area contributed by atoms with Crippen molar-refractivity contribution in [1.82, 2.24) is 24.4 Å². The Kier molecular flexibility index (Phi) is 6.21. The molecule has 0 spiro atoms. The Morgan fingerprint density at radius 3 is 2.59 bits per heavy atom. The number of anilines is 2. The molecule has 1 aliphatic carbocycles. The van der Waals surface area contributed by atoms with Crippen LogP contribution in [0.5, 0.6) is 0 Å². The third kappa shape index (κ3) is 5.43. The highest BCUT2D eigenvalue weighted by atomic mass is 35.5. The lowest BCUT2D eigenvalue weighted by Gasteiger charge is -2.23. The largest absolute Gasteiger partial charge is 0.453 e. The number of nitrogens with zero attached hydrogens (tertiary/aromatic N) is 4. The Morgan fingerprint density at radius 2 is 1.93 bits per heavy atom. The highest BCUT2D eigenvalue weighted by molar-refractivity contribution is 6.31. The number of rotatable bonds is 5. The zero-order valence-electron chi connectivity index (χ0n) is 25.1. The van der Waals surface area contributed by atoms with Crippen molar-refractivity contribution in [1.29, 1.82) is 0 Å². The number of halogens is 4. The number of alkyl carbamates (subject to hydrolysis) is 1. The van der Waals surface area contributed by atoms with E-state index < -0.39 is 47.7 Å². The summed E-state index contributed by atoms with van der Waals surface area (Å²) in [5.74, 6) is -0.0473. The molecule has 1 fully saturated rings. The Bertz CT molecular complexity index is 1830. The number of hydrogen-bond donors (Lipinski definition) is 3. The van der Waals surface area contributed by atoms with Crippen LogP contribution in [0.25, 0.3) is 21.9 Å². The molecule has 3 N–H and O–H groups in total. The van der Waals surface area contributed by atoms with Crippen molar-refractivity contribution in [3.05, 3.63) is 57.1 Å². The SMILES string of the molecule is [2H]C([2H])([2H])n1c(=O)n([C@@H]2CC[C@@H](NC(=O)OC)C2)c2cc(Nc3cc(C(C)(C)O)c4cc(Cl)cc(C(F)(F)F)c4n3)ncc21. The molecule has 0 bridgehead atoms. The van der Waals surface area contributed by atoms with Gasteiger partial charge < -0.3 is 20.5 Å². The maximum Gasteiger partial charge on any atom is 0.418 e. The number of alkyl halides is 3. The van der Waals surface area contributed by atoms with Crippen LogP contribution in [0.15, 0.2) is 35.3 Å². The summed E-state index contributed by atoms with van der Waals surface area (Å²) >= 11 is 6.00. The van der Waals surface area contributed by atoms with Crippen molar-refractivity contribution < 1.29 is 31.9 Å². The number of aryl methyl sites for hydroxylation is 1. The molecule has 10 nitrogen and oxygen atoms in total. The summed E-state index contributed by atoms with van der Waals surface area (Å²) in [4.78, 5) is 33.6. The first-order chi connectivity index (χ1) is 20.4. The van der Waals surface area contributed by atoms with Crippen LogP contribution in [0.3, 0.4) is 0 Å². The Balaban J connectivity index is 1.64. The summed E-state index contributed by atoms with van der Waals surface area (Å²) in [6, 6.07) is 4.02. The van der Waals surface area contributed by atoms with E-state index in [9.17, 15) is 27.9 Å². The van der Waals surface area contributed by atoms with Gasteiger partial charge in [-0.15, -0.1) is 0 Å². The number of benzene rings is 1. The number of methoxy groups -OCH3 is 1. The molecule has 0 radical (unpaired) electrons. The average molecular weight is 596 g/mol. The van der Waals surface area contributed by atoms with Crippen molar-refractivity contribution in [2.45, 2.75) is 57.0 Å². The first-order valence-corrected chi connectivity index (χ1v) is 13.0. The Hall–Kier alpha value is -3.84. The second kappa shape index (κ2) is 10.2. The van der Waals surface area contributed by atoms with E-state index in [4.69, 9.17) is 15.7 Å². The van der Waals surface area contributed by atoms with Crippen molar-refractivity contribution in [2.24, 2.45) is 6.98 Å². The molecular weight excluding hydrogens is 565 g/mol. The van der Waals surface area contributed by atoms with Gasteiger partial charge in [-0.2, -0.15) is 13.2 Å². The second-order valence-corrected chi connectivity index (χ2v) is 10.9. The van der Waals surface area contributed by atoms with Crippen LogP contribution in [-0.4, -0.2) is 43.5 Å². The Morgan fingerprint density at radius 1 is 1.17 bits per heavy atom. The van der Waals surface area contributed by atoms with Gasteiger partial charge in [-0.05, 0) is 56.9 Å². The van der Waals surface area contributed by atoms with Gasteiger partial charge in [0, 0.05) is 39.6 Å². The number of pyridine rings is 2. The number of aromatic nitrogens is 4. The molecule has 41 heavy (non-hydrogen) atoms.